The summed E-state index contributed by atoms with van der Waals surface area (Å²) in [5, 5.41) is 0. The van der Waals surface area contributed by atoms with E-state index in [1.807, 2.05) is 30.3 Å². The van der Waals surface area contributed by atoms with Gasteiger partial charge in [-0.05, 0) is 5.56 Å². The fourth-order valence-electron chi connectivity index (χ4n) is 0.870. The molecule has 0 bridgehead atoms. The number of rotatable bonds is 2. The Labute approximate surface area is 69.1 Å². The van der Waals surface area contributed by atoms with Crippen molar-refractivity contribution in [1.29, 1.82) is 0 Å². The lowest BCUT2D eigenvalue weighted by Gasteiger charge is -1.98. The minimum atomic E-state index is 0.114. The smallest absolute Gasteiger partial charge is 0.216 e. The van der Waals surface area contributed by atoms with Crippen molar-refractivity contribution >= 4 is 16.3 Å². The third-order valence-corrected chi connectivity index (χ3v) is 2.04. The molecule has 0 radical (unpaired) electrons. The number of amides is 1. The number of nitrogens with one attached hydrogen (secondary N) is 1. The highest BCUT2D eigenvalue weighted by Crippen LogP contribution is 1.98. The van der Waals surface area contributed by atoms with Gasteiger partial charge in [0.05, 0.1) is 6.42 Å². The molecule has 0 unspecified atom stereocenters. The van der Waals surface area contributed by atoms with E-state index < -0.39 is 0 Å². The summed E-state index contributed by atoms with van der Waals surface area (Å²) < 4.78 is 0. The van der Waals surface area contributed by atoms with E-state index in [0.717, 1.165) is 16.0 Å². The van der Waals surface area contributed by atoms with Gasteiger partial charge in [-0.1, -0.05) is 30.3 Å². The van der Waals surface area contributed by atoms with E-state index in [1.54, 1.807) is 0 Å². The zero-order chi connectivity index (χ0) is 8.10. The first-order valence-electron chi connectivity index (χ1n) is 3.57. The van der Waals surface area contributed by atoms with E-state index in [4.69, 9.17) is 0 Å². The lowest BCUT2D eigenvalue weighted by atomic mass is 10.1. The van der Waals surface area contributed by atoms with Crippen molar-refractivity contribution in [2.24, 2.45) is 0 Å². The van der Waals surface area contributed by atoms with Crippen LogP contribution < -0.4 is 4.98 Å². The molecule has 1 amide bonds. The quantitative estimate of drug-likeness (QED) is 0.595. The molecule has 0 spiro atoms. The molecule has 1 aromatic carbocycles. The van der Waals surface area contributed by atoms with Gasteiger partial charge >= 0.3 is 0 Å². The molecule has 11 heavy (non-hydrogen) atoms. The third-order valence-electron chi connectivity index (χ3n) is 1.49. The van der Waals surface area contributed by atoms with Crippen molar-refractivity contribution in [3.05, 3.63) is 35.9 Å². The van der Waals surface area contributed by atoms with Crippen LogP contribution in [0.4, 0.5) is 0 Å². The molecule has 0 aliphatic rings. The summed E-state index contributed by atoms with van der Waals surface area (Å²) in [6, 6.07) is 9.74. The SMILES string of the molecule is O=C(Cc1ccccc1)N[SiH3]. The van der Waals surface area contributed by atoms with Crippen LogP contribution in [0.15, 0.2) is 30.3 Å². The van der Waals surface area contributed by atoms with Crippen LogP contribution in [-0.4, -0.2) is 16.3 Å². The predicted octanol–water partition coefficient (Wildman–Crippen LogP) is -0.374. The van der Waals surface area contributed by atoms with Gasteiger partial charge in [0.25, 0.3) is 0 Å². The van der Waals surface area contributed by atoms with E-state index in [2.05, 4.69) is 4.98 Å². The highest BCUT2D eigenvalue weighted by molar-refractivity contribution is 6.14. The van der Waals surface area contributed by atoms with Crippen LogP contribution in [0.25, 0.3) is 0 Å². The van der Waals surface area contributed by atoms with Gasteiger partial charge in [-0.25, -0.2) is 0 Å². The zero-order valence-corrected chi connectivity index (χ0v) is 8.50. The summed E-state index contributed by atoms with van der Waals surface area (Å²) >= 11 is 0. The molecule has 3 heteroatoms. The molecule has 1 N–H and O–H groups in total. The molecule has 0 fully saturated rings. The zero-order valence-electron chi connectivity index (χ0n) is 6.50. The minimum absolute atomic E-state index is 0.114. The fraction of sp³-hybridized carbons (Fsp3) is 0.125. The molecule has 58 valence electrons. The number of hydrogen-bond acceptors (Lipinski definition) is 1. The second-order valence-corrected chi connectivity index (χ2v) is 2.84. The number of carbonyl (C=O) groups is 1. The van der Waals surface area contributed by atoms with Gasteiger partial charge in [-0.3, -0.25) is 4.79 Å². The molecular formula is C8H11NOSi. The van der Waals surface area contributed by atoms with E-state index in [9.17, 15) is 4.79 Å². The molecular weight excluding hydrogens is 154 g/mol. The molecule has 2 nitrogen and oxygen atoms in total. The van der Waals surface area contributed by atoms with Crippen LogP contribution in [0.2, 0.25) is 0 Å². The first kappa shape index (κ1) is 8.01. The standard InChI is InChI=1S/C8H11NOSi/c10-8(9-11)6-7-4-2-1-3-5-7/h1-5H,6H2,11H3,(H,9,10). The molecule has 0 saturated carbocycles. The van der Waals surface area contributed by atoms with Crippen molar-refractivity contribution in [2.45, 2.75) is 6.42 Å². The molecule has 0 aliphatic carbocycles. The number of hydrogen-bond donors (Lipinski definition) is 1. The summed E-state index contributed by atoms with van der Waals surface area (Å²) in [6.07, 6.45) is 0.504. The minimum Gasteiger partial charge on any atom is -0.390 e. The van der Waals surface area contributed by atoms with Gasteiger partial charge < -0.3 is 4.98 Å². The maximum absolute atomic E-state index is 10.9. The van der Waals surface area contributed by atoms with Crippen LogP contribution in [0.5, 0.6) is 0 Å². The average molecular weight is 165 g/mol. The number of carbonyl (C=O) groups excluding carboxylic acids is 1. The Morgan fingerprint density at radius 1 is 1.36 bits per heavy atom. The van der Waals surface area contributed by atoms with Gasteiger partial charge in [0.2, 0.25) is 5.91 Å². The molecule has 1 aromatic rings. The van der Waals surface area contributed by atoms with Crippen LogP contribution in [0, 0.1) is 0 Å². The Bertz CT molecular complexity index is 235. The second kappa shape index (κ2) is 3.93. The number of benzene rings is 1. The Kier molecular flexibility index (Phi) is 2.86. The maximum Gasteiger partial charge on any atom is 0.216 e. The summed E-state index contributed by atoms with van der Waals surface area (Å²) in [6.45, 7) is 0. The molecule has 0 saturated heterocycles. The lowest BCUT2D eigenvalue weighted by Crippen LogP contribution is -2.21. The second-order valence-electron chi connectivity index (χ2n) is 2.34. The largest absolute Gasteiger partial charge is 0.390 e. The third kappa shape index (κ3) is 2.55. The first-order chi connectivity index (χ1) is 5.33. The van der Waals surface area contributed by atoms with Crippen molar-refractivity contribution in [2.75, 3.05) is 0 Å². The normalized spacial score (nSPS) is 9.45. The van der Waals surface area contributed by atoms with Crippen molar-refractivity contribution in [3.63, 3.8) is 0 Å². The van der Waals surface area contributed by atoms with Gasteiger partial charge in [0, 0.05) is 0 Å². The Balaban J connectivity index is 2.58. The van der Waals surface area contributed by atoms with E-state index in [-0.39, 0.29) is 5.91 Å². The summed E-state index contributed by atoms with van der Waals surface area (Å²) in [4.78, 5) is 13.6. The molecule has 0 aromatic heterocycles. The molecule has 0 aliphatic heterocycles. The van der Waals surface area contributed by atoms with Crippen LogP contribution in [-0.2, 0) is 11.2 Å². The van der Waals surface area contributed by atoms with E-state index >= 15 is 0 Å². The molecule has 0 atom stereocenters. The summed E-state index contributed by atoms with van der Waals surface area (Å²) in [5.74, 6) is 0.114. The van der Waals surface area contributed by atoms with Gasteiger partial charge in [-0.15, -0.1) is 0 Å². The van der Waals surface area contributed by atoms with Crippen molar-refractivity contribution in [3.8, 4) is 0 Å². The van der Waals surface area contributed by atoms with E-state index in [1.165, 1.54) is 0 Å². The van der Waals surface area contributed by atoms with Crippen LogP contribution >= 0.6 is 0 Å². The predicted molar refractivity (Wildman–Crippen MR) is 48.2 cm³/mol. The van der Waals surface area contributed by atoms with Crippen LogP contribution in [0.1, 0.15) is 5.56 Å². The maximum atomic E-state index is 10.9. The Morgan fingerprint density at radius 3 is 2.55 bits per heavy atom. The van der Waals surface area contributed by atoms with Crippen molar-refractivity contribution < 1.29 is 4.79 Å². The highest BCUT2D eigenvalue weighted by atomic mass is 28.2. The fourth-order valence-corrected chi connectivity index (χ4v) is 1.05. The van der Waals surface area contributed by atoms with E-state index in [0.29, 0.717) is 6.42 Å². The summed E-state index contributed by atoms with van der Waals surface area (Å²) in [7, 11) is 0.734. The molecule has 1 rings (SSSR count). The Morgan fingerprint density at radius 2 is 2.00 bits per heavy atom. The van der Waals surface area contributed by atoms with Gasteiger partial charge in [0.1, 0.15) is 10.4 Å². The lowest BCUT2D eigenvalue weighted by molar-refractivity contribution is -0.118. The van der Waals surface area contributed by atoms with Crippen LogP contribution in [0.3, 0.4) is 0 Å². The first-order valence-corrected chi connectivity index (χ1v) is 4.57. The topological polar surface area (TPSA) is 29.1 Å². The van der Waals surface area contributed by atoms with Gasteiger partial charge in [0.15, 0.2) is 0 Å². The average Bonchev–Trinajstić information content (AvgIpc) is 2.06. The van der Waals surface area contributed by atoms with Gasteiger partial charge in [-0.2, -0.15) is 0 Å². The van der Waals surface area contributed by atoms with Crippen molar-refractivity contribution in [1.82, 2.24) is 4.98 Å². The molecule has 0 heterocycles. The highest BCUT2D eigenvalue weighted by Gasteiger charge is 1.97. The monoisotopic (exact) mass is 165 g/mol. The Hall–Kier alpha value is -1.09. The summed E-state index contributed by atoms with van der Waals surface area (Å²) in [5.41, 5.74) is 1.07.